The van der Waals surface area contributed by atoms with E-state index in [0.29, 0.717) is 39.0 Å². The van der Waals surface area contributed by atoms with Crippen LogP contribution in [0.4, 0.5) is 13.2 Å². The second-order valence-electron chi connectivity index (χ2n) is 5.05. The van der Waals surface area contributed by atoms with Crippen LogP contribution in [0.15, 0.2) is 0 Å². The monoisotopic (exact) mass is 265 g/mol. The molecule has 2 saturated heterocycles. The number of alkyl halides is 3. The minimum absolute atomic E-state index is 0.118. The molecule has 0 spiro atoms. The Kier molecular flexibility index (Phi) is 4.14. The van der Waals surface area contributed by atoms with Gasteiger partial charge in [0.05, 0.1) is 5.92 Å². The van der Waals surface area contributed by atoms with Crippen molar-refractivity contribution in [3.8, 4) is 0 Å². The highest BCUT2D eigenvalue weighted by Crippen LogP contribution is 2.34. The third kappa shape index (κ3) is 3.16. The van der Waals surface area contributed by atoms with Gasteiger partial charge in [0, 0.05) is 32.2 Å². The minimum atomic E-state index is -4.19. The predicted octanol–water partition coefficient (Wildman–Crippen LogP) is 2.21. The van der Waals surface area contributed by atoms with Gasteiger partial charge < -0.3 is 9.64 Å². The molecule has 2 fully saturated rings. The standard InChI is InChI=1S/C12H18F3NO2/c13-12(14,15)10-2-1-5-16(8-10)11(17)9-3-6-18-7-4-9/h9-10H,1-8H2/t10-/m0/s1. The number of ether oxygens (including phenoxy) is 1. The van der Waals surface area contributed by atoms with Crippen LogP contribution in [0.25, 0.3) is 0 Å². The molecule has 0 aliphatic carbocycles. The molecule has 3 nitrogen and oxygen atoms in total. The fraction of sp³-hybridized carbons (Fsp3) is 0.917. The lowest BCUT2D eigenvalue weighted by Crippen LogP contribution is -2.47. The summed E-state index contributed by atoms with van der Waals surface area (Å²) in [5.74, 6) is -1.62. The molecular weight excluding hydrogens is 247 g/mol. The molecule has 0 saturated carbocycles. The molecule has 1 atom stereocenters. The van der Waals surface area contributed by atoms with E-state index >= 15 is 0 Å². The molecule has 0 N–H and O–H groups in total. The molecule has 0 bridgehead atoms. The number of nitrogens with zero attached hydrogens (tertiary/aromatic N) is 1. The third-order valence-electron chi connectivity index (χ3n) is 3.77. The number of hydrogen-bond acceptors (Lipinski definition) is 2. The Morgan fingerprint density at radius 1 is 1.17 bits per heavy atom. The molecule has 2 rings (SSSR count). The van der Waals surface area contributed by atoms with E-state index in [4.69, 9.17) is 4.74 Å². The van der Waals surface area contributed by atoms with Gasteiger partial charge >= 0.3 is 6.18 Å². The molecule has 1 amide bonds. The van der Waals surface area contributed by atoms with Crippen molar-refractivity contribution >= 4 is 5.91 Å². The number of halogens is 3. The summed E-state index contributed by atoms with van der Waals surface area (Å²) in [6.45, 7) is 1.36. The Morgan fingerprint density at radius 2 is 1.83 bits per heavy atom. The molecule has 0 aromatic carbocycles. The summed E-state index contributed by atoms with van der Waals surface area (Å²) in [7, 11) is 0. The van der Waals surface area contributed by atoms with E-state index in [9.17, 15) is 18.0 Å². The van der Waals surface area contributed by atoms with E-state index in [2.05, 4.69) is 0 Å². The number of carbonyl (C=O) groups is 1. The van der Waals surface area contributed by atoms with E-state index < -0.39 is 12.1 Å². The van der Waals surface area contributed by atoms with Crippen LogP contribution in [0.3, 0.4) is 0 Å². The highest BCUT2D eigenvalue weighted by atomic mass is 19.4. The quantitative estimate of drug-likeness (QED) is 0.727. The van der Waals surface area contributed by atoms with Gasteiger partial charge in [-0.2, -0.15) is 13.2 Å². The molecule has 104 valence electrons. The van der Waals surface area contributed by atoms with Gasteiger partial charge in [-0.3, -0.25) is 4.79 Å². The van der Waals surface area contributed by atoms with Crippen LogP contribution in [0.2, 0.25) is 0 Å². The highest BCUT2D eigenvalue weighted by molar-refractivity contribution is 5.79. The summed E-state index contributed by atoms with van der Waals surface area (Å²) in [5, 5.41) is 0. The maximum atomic E-state index is 12.7. The van der Waals surface area contributed by atoms with Crippen LogP contribution in [0.1, 0.15) is 25.7 Å². The van der Waals surface area contributed by atoms with E-state index in [1.807, 2.05) is 0 Å². The van der Waals surface area contributed by atoms with E-state index in [0.717, 1.165) is 0 Å². The van der Waals surface area contributed by atoms with Crippen LogP contribution < -0.4 is 0 Å². The van der Waals surface area contributed by atoms with E-state index in [1.54, 1.807) is 0 Å². The van der Waals surface area contributed by atoms with Gasteiger partial charge in [-0.05, 0) is 25.7 Å². The zero-order valence-electron chi connectivity index (χ0n) is 10.2. The maximum Gasteiger partial charge on any atom is 0.393 e. The van der Waals surface area contributed by atoms with E-state index in [-0.39, 0.29) is 24.8 Å². The number of hydrogen-bond donors (Lipinski definition) is 0. The summed E-state index contributed by atoms with van der Waals surface area (Å²) in [6.07, 6.45) is -2.34. The van der Waals surface area contributed by atoms with Gasteiger partial charge in [0.2, 0.25) is 5.91 Å². The predicted molar refractivity (Wildman–Crippen MR) is 58.9 cm³/mol. The zero-order valence-corrected chi connectivity index (χ0v) is 10.2. The van der Waals surface area contributed by atoms with Crippen LogP contribution >= 0.6 is 0 Å². The van der Waals surface area contributed by atoms with Gasteiger partial charge in [0.15, 0.2) is 0 Å². The summed E-state index contributed by atoms with van der Waals surface area (Å²) in [6, 6.07) is 0. The number of piperidine rings is 1. The first-order chi connectivity index (χ1) is 8.48. The van der Waals surface area contributed by atoms with Crippen LogP contribution in [0.5, 0.6) is 0 Å². The first-order valence-corrected chi connectivity index (χ1v) is 6.41. The van der Waals surface area contributed by atoms with E-state index in [1.165, 1.54) is 4.90 Å². The largest absolute Gasteiger partial charge is 0.393 e. The first-order valence-electron chi connectivity index (χ1n) is 6.41. The molecule has 2 aliphatic heterocycles. The lowest BCUT2D eigenvalue weighted by Gasteiger charge is -2.36. The third-order valence-corrected chi connectivity index (χ3v) is 3.77. The maximum absolute atomic E-state index is 12.7. The number of likely N-dealkylation sites (tertiary alicyclic amines) is 1. The Labute approximate surface area is 104 Å². The molecule has 6 heteroatoms. The Bertz CT molecular complexity index is 300. The molecule has 0 aromatic heterocycles. The van der Waals surface area contributed by atoms with Crippen LogP contribution in [0, 0.1) is 11.8 Å². The molecule has 0 radical (unpaired) electrons. The Hall–Kier alpha value is -0.780. The molecule has 2 aliphatic rings. The minimum Gasteiger partial charge on any atom is -0.381 e. The number of carbonyl (C=O) groups excluding carboxylic acids is 1. The normalized spacial score (nSPS) is 27.3. The molecular formula is C12H18F3NO2. The second-order valence-corrected chi connectivity index (χ2v) is 5.05. The fourth-order valence-electron chi connectivity index (χ4n) is 2.65. The molecule has 18 heavy (non-hydrogen) atoms. The van der Waals surface area contributed by atoms with Crippen LogP contribution in [-0.2, 0) is 9.53 Å². The summed E-state index contributed by atoms with van der Waals surface area (Å²) in [5.41, 5.74) is 0. The average Bonchev–Trinajstić information content (AvgIpc) is 2.38. The number of rotatable bonds is 1. The van der Waals surface area contributed by atoms with Crippen molar-refractivity contribution < 1.29 is 22.7 Å². The lowest BCUT2D eigenvalue weighted by molar-refractivity contribution is -0.189. The van der Waals surface area contributed by atoms with Crippen molar-refractivity contribution in [2.24, 2.45) is 11.8 Å². The number of amides is 1. The SMILES string of the molecule is O=C(C1CCOCC1)N1CCC[C@H](C(F)(F)F)C1. The van der Waals surface area contributed by atoms with Crippen molar-refractivity contribution in [3.05, 3.63) is 0 Å². The van der Waals surface area contributed by atoms with Gasteiger partial charge in [-0.25, -0.2) is 0 Å². The highest BCUT2D eigenvalue weighted by Gasteiger charge is 2.43. The smallest absolute Gasteiger partial charge is 0.381 e. The summed E-state index contributed by atoms with van der Waals surface area (Å²) < 4.78 is 43.1. The summed E-state index contributed by atoms with van der Waals surface area (Å²) >= 11 is 0. The molecule has 0 aromatic rings. The van der Waals surface area contributed by atoms with Gasteiger partial charge in [0.25, 0.3) is 0 Å². The van der Waals surface area contributed by atoms with Crippen molar-refractivity contribution in [3.63, 3.8) is 0 Å². The van der Waals surface area contributed by atoms with Crippen molar-refractivity contribution in [1.82, 2.24) is 4.90 Å². The molecule has 2 heterocycles. The second kappa shape index (κ2) is 5.47. The van der Waals surface area contributed by atoms with Crippen LogP contribution in [-0.4, -0.2) is 43.3 Å². The van der Waals surface area contributed by atoms with Crippen molar-refractivity contribution in [1.29, 1.82) is 0 Å². The van der Waals surface area contributed by atoms with Gasteiger partial charge in [-0.1, -0.05) is 0 Å². The van der Waals surface area contributed by atoms with Crippen molar-refractivity contribution in [2.75, 3.05) is 26.3 Å². The van der Waals surface area contributed by atoms with Gasteiger partial charge in [-0.15, -0.1) is 0 Å². The summed E-state index contributed by atoms with van der Waals surface area (Å²) in [4.78, 5) is 13.5. The van der Waals surface area contributed by atoms with Gasteiger partial charge in [0.1, 0.15) is 0 Å². The Morgan fingerprint density at radius 3 is 2.44 bits per heavy atom. The topological polar surface area (TPSA) is 29.5 Å². The first kappa shape index (κ1) is 13.6. The fourth-order valence-corrected chi connectivity index (χ4v) is 2.65. The zero-order chi connectivity index (χ0) is 13.2. The van der Waals surface area contributed by atoms with Crippen molar-refractivity contribution in [2.45, 2.75) is 31.9 Å². The molecule has 0 unspecified atom stereocenters. The lowest BCUT2D eigenvalue weighted by atomic mass is 9.93. The average molecular weight is 265 g/mol. The Balaban J connectivity index is 1.93.